The standard InChI is InChI=1S/C14H21N3O/c1-10-6-11(2)17(15-10)9-14(18)16-8-12-4-3-5-13(16)7-12/h6,12-13H,3-5,7-9H2,1-2H3. The van der Waals surface area contributed by atoms with Crippen LogP contribution in [-0.4, -0.2) is 33.2 Å². The van der Waals surface area contributed by atoms with Gasteiger partial charge in [-0.2, -0.15) is 5.10 Å². The first kappa shape index (κ1) is 11.8. The van der Waals surface area contributed by atoms with Crippen molar-refractivity contribution in [2.24, 2.45) is 5.92 Å². The Hall–Kier alpha value is -1.32. The molecule has 4 heteroatoms. The third-order valence-electron chi connectivity index (χ3n) is 4.36. The van der Waals surface area contributed by atoms with Gasteiger partial charge in [0.1, 0.15) is 6.54 Å². The van der Waals surface area contributed by atoms with E-state index in [0.29, 0.717) is 12.6 Å². The maximum absolute atomic E-state index is 12.4. The van der Waals surface area contributed by atoms with Crippen LogP contribution in [-0.2, 0) is 11.3 Å². The smallest absolute Gasteiger partial charge is 0.244 e. The summed E-state index contributed by atoms with van der Waals surface area (Å²) < 4.78 is 1.83. The van der Waals surface area contributed by atoms with Crippen molar-refractivity contribution in [2.75, 3.05) is 6.54 Å². The number of aryl methyl sites for hydroxylation is 2. The monoisotopic (exact) mass is 247 g/mol. The molecule has 1 amide bonds. The molecule has 0 aromatic carbocycles. The summed E-state index contributed by atoms with van der Waals surface area (Å²) >= 11 is 0. The zero-order valence-electron chi connectivity index (χ0n) is 11.2. The number of carbonyl (C=O) groups is 1. The molecule has 1 aliphatic carbocycles. The summed E-state index contributed by atoms with van der Waals surface area (Å²) in [7, 11) is 0. The van der Waals surface area contributed by atoms with Crippen molar-refractivity contribution in [3.05, 3.63) is 17.5 Å². The molecular formula is C14H21N3O. The molecule has 2 heterocycles. The van der Waals surface area contributed by atoms with Crippen molar-refractivity contribution < 1.29 is 4.79 Å². The average Bonchev–Trinajstić information content (AvgIpc) is 2.79. The number of hydrogen-bond donors (Lipinski definition) is 0. The Bertz CT molecular complexity index is 466. The number of rotatable bonds is 2. The van der Waals surface area contributed by atoms with Crippen molar-refractivity contribution in [3.63, 3.8) is 0 Å². The lowest BCUT2D eigenvalue weighted by molar-refractivity contribution is -0.132. The van der Waals surface area contributed by atoms with Crippen molar-refractivity contribution in [2.45, 2.75) is 52.1 Å². The van der Waals surface area contributed by atoms with Gasteiger partial charge in [-0.05, 0) is 45.1 Å². The van der Waals surface area contributed by atoms with Gasteiger partial charge in [-0.25, -0.2) is 0 Å². The maximum atomic E-state index is 12.4. The second-order valence-corrected chi connectivity index (χ2v) is 5.82. The molecule has 0 spiro atoms. The van der Waals surface area contributed by atoms with Gasteiger partial charge in [-0.3, -0.25) is 9.48 Å². The van der Waals surface area contributed by atoms with E-state index in [9.17, 15) is 4.79 Å². The highest BCUT2D eigenvalue weighted by atomic mass is 16.2. The van der Waals surface area contributed by atoms with Gasteiger partial charge in [0.15, 0.2) is 0 Å². The quantitative estimate of drug-likeness (QED) is 0.800. The largest absolute Gasteiger partial charge is 0.338 e. The predicted molar refractivity (Wildman–Crippen MR) is 69.2 cm³/mol. The summed E-state index contributed by atoms with van der Waals surface area (Å²) in [5.41, 5.74) is 2.06. The molecule has 2 fully saturated rings. The lowest BCUT2D eigenvalue weighted by atomic mass is 9.90. The van der Waals surface area contributed by atoms with Gasteiger partial charge in [0, 0.05) is 18.3 Å². The Kier molecular flexibility index (Phi) is 2.88. The fourth-order valence-electron chi connectivity index (χ4n) is 3.50. The first-order chi connectivity index (χ1) is 8.63. The van der Waals surface area contributed by atoms with Gasteiger partial charge in [0.2, 0.25) is 5.91 Å². The van der Waals surface area contributed by atoms with Crippen molar-refractivity contribution in [1.29, 1.82) is 0 Å². The normalized spacial score (nSPS) is 26.7. The molecule has 1 saturated carbocycles. The van der Waals surface area contributed by atoms with Crippen molar-refractivity contribution >= 4 is 5.91 Å². The minimum Gasteiger partial charge on any atom is -0.338 e. The third-order valence-corrected chi connectivity index (χ3v) is 4.36. The first-order valence-electron chi connectivity index (χ1n) is 6.94. The van der Waals surface area contributed by atoms with Crippen LogP contribution < -0.4 is 0 Å². The van der Waals surface area contributed by atoms with E-state index in [1.807, 2.05) is 24.6 Å². The molecule has 1 aromatic rings. The van der Waals surface area contributed by atoms with Gasteiger partial charge in [-0.15, -0.1) is 0 Å². The fourth-order valence-corrected chi connectivity index (χ4v) is 3.50. The Balaban J connectivity index is 1.70. The van der Waals surface area contributed by atoms with Crippen molar-refractivity contribution in [3.8, 4) is 0 Å². The highest BCUT2D eigenvalue weighted by molar-refractivity contribution is 5.76. The molecule has 1 aliphatic heterocycles. The minimum atomic E-state index is 0.246. The lowest BCUT2D eigenvalue weighted by Crippen LogP contribution is -2.37. The van der Waals surface area contributed by atoms with Gasteiger partial charge < -0.3 is 4.90 Å². The highest BCUT2D eigenvalue weighted by Gasteiger charge is 2.37. The van der Waals surface area contributed by atoms with E-state index in [4.69, 9.17) is 0 Å². The van der Waals surface area contributed by atoms with E-state index in [1.165, 1.54) is 25.7 Å². The number of amides is 1. The number of hydrogen-bond acceptors (Lipinski definition) is 2. The molecule has 2 aliphatic rings. The van der Waals surface area contributed by atoms with Crippen LogP contribution in [0.15, 0.2) is 6.07 Å². The summed E-state index contributed by atoms with van der Waals surface area (Å²) in [6, 6.07) is 2.53. The van der Waals surface area contributed by atoms with Crippen LogP contribution >= 0.6 is 0 Å². The Morgan fingerprint density at radius 1 is 1.44 bits per heavy atom. The molecule has 2 unspecified atom stereocenters. The fraction of sp³-hybridized carbons (Fsp3) is 0.714. The van der Waals surface area contributed by atoms with E-state index in [0.717, 1.165) is 23.9 Å². The van der Waals surface area contributed by atoms with Gasteiger partial charge in [-0.1, -0.05) is 6.42 Å². The zero-order valence-corrected chi connectivity index (χ0v) is 11.2. The van der Waals surface area contributed by atoms with E-state index >= 15 is 0 Å². The number of nitrogens with zero attached hydrogens (tertiary/aromatic N) is 3. The van der Waals surface area contributed by atoms with Crippen LogP contribution in [0.3, 0.4) is 0 Å². The average molecular weight is 247 g/mol. The molecule has 3 rings (SSSR count). The Labute approximate surface area is 108 Å². The van der Waals surface area contributed by atoms with E-state index in [-0.39, 0.29) is 5.91 Å². The molecule has 0 N–H and O–H groups in total. The molecule has 2 bridgehead atoms. The summed E-state index contributed by atoms with van der Waals surface area (Å²) in [5, 5.41) is 4.38. The molecule has 0 radical (unpaired) electrons. The molecule has 1 saturated heterocycles. The van der Waals surface area contributed by atoms with Gasteiger partial charge in [0.25, 0.3) is 0 Å². The van der Waals surface area contributed by atoms with Gasteiger partial charge >= 0.3 is 0 Å². The van der Waals surface area contributed by atoms with Crippen LogP contribution in [0, 0.1) is 19.8 Å². The molecule has 98 valence electrons. The molecular weight excluding hydrogens is 226 g/mol. The van der Waals surface area contributed by atoms with Crippen LogP contribution in [0.4, 0.5) is 0 Å². The third kappa shape index (κ3) is 2.04. The lowest BCUT2D eigenvalue weighted by Gasteiger charge is -2.24. The van der Waals surface area contributed by atoms with Crippen LogP contribution in [0.2, 0.25) is 0 Å². The Morgan fingerprint density at radius 2 is 2.28 bits per heavy atom. The first-order valence-corrected chi connectivity index (χ1v) is 6.94. The molecule has 2 atom stereocenters. The van der Waals surface area contributed by atoms with Crippen LogP contribution in [0.1, 0.15) is 37.1 Å². The number of aromatic nitrogens is 2. The van der Waals surface area contributed by atoms with Crippen LogP contribution in [0.25, 0.3) is 0 Å². The van der Waals surface area contributed by atoms with Crippen molar-refractivity contribution in [1.82, 2.24) is 14.7 Å². The summed E-state index contributed by atoms with van der Waals surface area (Å²) in [5.74, 6) is 1.00. The maximum Gasteiger partial charge on any atom is 0.244 e. The second-order valence-electron chi connectivity index (χ2n) is 5.82. The van der Waals surface area contributed by atoms with Crippen LogP contribution in [0.5, 0.6) is 0 Å². The van der Waals surface area contributed by atoms with Gasteiger partial charge in [0.05, 0.1) is 5.69 Å². The predicted octanol–water partition coefficient (Wildman–Crippen LogP) is 1.90. The SMILES string of the molecule is Cc1cc(C)n(CC(=O)N2CC3CCCC2C3)n1. The summed E-state index contributed by atoms with van der Waals surface area (Å²) in [6.45, 7) is 5.36. The molecule has 18 heavy (non-hydrogen) atoms. The Morgan fingerprint density at radius 3 is 2.94 bits per heavy atom. The van der Waals surface area contributed by atoms with E-state index < -0.39 is 0 Å². The topological polar surface area (TPSA) is 38.1 Å². The zero-order chi connectivity index (χ0) is 12.7. The highest BCUT2D eigenvalue weighted by Crippen LogP contribution is 2.35. The molecule has 4 nitrogen and oxygen atoms in total. The van der Waals surface area contributed by atoms with E-state index in [2.05, 4.69) is 10.00 Å². The number of likely N-dealkylation sites (tertiary alicyclic amines) is 1. The number of carbonyl (C=O) groups excluding carboxylic acids is 1. The summed E-state index contributed by atoms with van der Waals surface area (Å²) in [4.78, 5) is 14.5. The molecule has 1 aromatic heterocycles. The minimum absolute atomic E-state index is 0.246. The second kappa shape index (κ2) is 4.41. The number of fused-ring (bicyclic) bond motifs is 2. The summed E-state index contributed by atoms with van der Waals surface area (Å²) in [6.07, 6.45) is 5.02. The van der Waals surface area contributed by atoms with E-state index in [1.54, 1.807) is 0 Å².